The molecule has 0 radical (unpaired) electrons. The number of nitrogens with zero attached hydrogens (tertiary/aromatic N) is 2. The van der Waals surface area contributed by atoms with Gasteiger partial charge in [-0.2, -0.15) is 0 Å². The third-order valence-corrected chi connectivity index (χ3v) is 5.86. The van der Waals surface area contributed by atoms with Gasteiger partial charge in [-0.15, -0.1) is 0 Å². The van der Waals surface area contributed by atoms with E-state index in [4.69, 9.17) is 0 Å². The molecule has 25 heavy (non-hydrogen) atoms. The molecule has 0 amide bonds. The van der Waals surface area contributed by atoms with Crippen LogP contribution in [0.15, 0.2) is 47.5 Å². The summed E-state index contributed by atoms with van der Waals surface area (Å²) >= 11 is 0. The Labute approximate surface area is 150 Å². The van der Waals surface area contributed by atoms with Crippen molar-refractivity contribution < 1.29 is 8.42 Å². The zero-order valence-electron chi connectivity index (χ0n) is 15.0. The van der Waals surface area contributed by atoms with Gasteiger partial charge in [-0.1, -0.05) is 32.9 Å². The Kier molecular flexibility index (Phi) is 4.73. The summed E-state index contributed by atoms with van der Waals surface area (Å²) in [6, 6.07) is 10.6. The zero-order chi connectivity index (χ0) is 18.1. The molecule has 1 saturated heterocycles. The van der Waals surface area contributed by atoms with Crippen LogP contribution in [0.2, 0.25) is 0 Å². The molecule has 2 heterocycles. The fourth-order valence-corrected chi connectivity index (χ4v) is 3.95. The minimum absolute atomic E-state index is 0.0112. The highest BCUT2D eigenvalue weighted by molar-refractivity contribution is 7.92. The van der Waals surface area contributed by atoms with E-state index in [1.165, 1.54) is 12.8 Å². The normalized spacial score (nSPS) is 15.4. The smallest absolute Gasteiger partial charge is 0.263 e. The second-order valence-corrected chi connectivity index (χ2v) is 9.16. The van der Waals surface area contributed by atoms with Crippen molar-refractivity contribution in [3.8, 4) is 0 Å². The maximum absolute atomic E-state index is 12.5. The quantitative estimate of drug-likeness (QED) is 0.902. The average molecular weight is 359 g/mol. The molecule has 1 aromatic heterocycles. The highest BCUT2D eigenvalue weighted by Gasteiger charge is 2.18. The van der Waals surface area contributed by atoms with Crippen molar-refractivity contribution in [2.75, 3.05) is 22.7 Å². The number of rotatable bonds is 4. The summed E-state index contributed by atoms with van der Waals surface area (Å²) in [6.45, 7) is 8.36. The van der Waals surface area contributed by atoms with Crippen molar-refractivity contribution in [3.05, 3.63) is 48.2 Å². The molecule has 0 saturated carbocycles. The summed E-state index contributed by atoms with van der Waals surface area (Å²) in [5.41, 5.74) is 2.12. The summed E-state index contributed by atoms with van der Waals surface area (Å²) in [5, 5.41) is 0. The van der Waals surface area contributed by atoms with Gasteiger partial charge in [-0.3, -0.25) is 4.72 Å². The number of hydrogen-bond acceptors (Lipinski definition) is 4. The molecule has 0 atom stereocenters. The first-order valence-electron chi connectivity index (χ1n) is 8.60. The van der Waals surface area contributed by atoms with Crippen LogP contribution in [0.5, 0.6) is 0 Å². The Hall–Kier alpha value is -2.08. The number of anilines is 2. The van der Waals surface area contributed by atoms with E-state index in [0.29, 0.717) is 5.82 Å². The van der Waals surface area contributed by atoms with Gasteiger partial charge in [0.15, 0.2) is 0 Å². The van der Waals surface area contributed by atoms with Crippen LogP contribution in [0, 0.1) is 0 Å². The van der Waals surface area contributed by atoms with Crippen LogP contribution in [0.3, 0.4) is 0 Å². The van der Waals surface area contributed by atoms with Gasteiger partial charge in [0.05, 0.1) is 16.8 Å². The molecule has 0 spiro atoms. The van der Waals surface area contributed by atoms with Gasteiger partial charge in [-0.05, 0) is 48.1 Å². The standard InChI is InChI=1S/C19H25N3O2S/c1-19(2,3)15-6-9-17(10-7-15)25(23,24)21-18-11-8-16(14-20-18)22-12-4-5-13-22/h6-11,14H,4-5,12-13H2,1-3H3,(H,20,21). The first-order valence-corrected chi connectivity index (χ1v) is 10.1. The minimum Gasteiger partial charge on any atom is -0.370 e. The van der Waals surface area contributed by atoms with Crippen LogP contribution in [0.4, 0.5) is 11.5 Å². The zero-order valence-corrected chi connectivity index (χ0v) is 15.8. The molecule has 0 aliphatic carbocycles. The average Bonchev–Trinajstić information content (AvgIpc) is 3.09. The molecule has 1 aliphatic heterocycles. The molecule has 0 unspecified atom stereocenters. The fraction of sp³-hybridized carbons (Fsp3) is 0.421. The topological polar surface area (TPSA) is 62.3 Å². The predicted octanol–water partition coefficient (Wildman–Crippen LogP) is 3.78. The summed E-state index contributed by atoms with van der Waals surface area (Å²) in [5.74, 6) is 0.336. The van der Waals surface area contributed by atoms with Crippen LogP contribution in [0.25, 0.3) is 0 Å². The highest BCUT2D eigenvalue weighted by atomic mass is 32.2. The number of benzene rings is 1. The molecule has 0 bridgehead atoms. The monoisotopic (exact) mass is 359 g/mol. The van der Waals surface area contributed by atoms with Crippen molar-refractivity contribution in [2.45, 2.75) is 43.9 Å². The van der Waals surface area contributed by atoms with Gasteiger partial charge >= 0.3 is 0 Å². The van der Waals surface area contributed by atoms with Gasteiger partial charge in [0.2, 0.25) is 0 Å². The Morgan fingerprint density at radius 1 is 1.00 bits per heavy atom. The predicted molar refractivity (Wildman–Crippen MR) is 102 cm³/mol. The summed E-state index contributed by atoms with van der Waals surface area (Å²) in [7, 11) is -3.63. The molecule has 134 valence electrons. The van der Waals surface area contributed by atoms with E-state index in [-0.39, 0.29) is 10.3 Å². The van der Waals surface area contributed by atoms with Crippen LogP contribution in [-0.4, -0.2) is 26.5 Å². The molecule has 5 nitrogen and oxygen atoms in total. The van der Waals surface area contributed by atoms with Crippen LogP contribution in [0.1, 0.15) is 39.2 Å². The molecule has 6 heteroatoms. The Morgan fingerprint density at radius 3 is 2.16 bits per heavy atom. The number of aromatic nitrogens is 1. The first-order chi connectivity index (χ1) is 11.8. The number of nitrogens with one attached hydrogen (secondary N) is 1. The summed E-state index contributed by atoms with van der Waals surface area (Å²) < 4.78 is 27.6. The fourth-order valence-electron chi connectivity index (χ4n) is 2.94. The van der Waals surface area contributed by atoms with Gasteiger partial charge in [0.25, 0.3) is 10.0 Å². The van der Waals surface area contributed by atoms with Crippen molar-refractivity contribution in [1.82, 2.24) is 4.98 Å². The summed E-state index contributed by atoms with van der Waals surface area (Å²) in [6.07, 6.45) is 4.11. The third-order valence-electron chi connectivity index (χ3n) is 4.49. The van der Waals surface area contributed by atoms with Gasteiger partial charge in [0.1, 0.15) is 5.82 Å². The maximum atomic E-state index is 12.5. The molecule has 1 N–H and O–H groups in total. The van der Waals surface area contributed by atoms with E-state index in [2.05, 4.69) is 35.4 Å². The minimum atomic E-state index is -3.63. The van der Waals surface area contributed by atoms with E-state index in [9.17, 15) is 8.42 Å². The van der Waals surface area contributed by atoms with E-state index in [1.54, 1.807) is 24.4 Å². The lowest BCUT2D eigenvalue weighted by Crippen LogP contribution is -2.18. The van der Waals surface area contributed by atoms with Crippen LogP contribution in [-0.2, 0) is 15.4 Å². The van der Waals surface area contributed by atoms with Crippen LogP contribution < -0.4 is 9.62 Å². The van der Waals surface area contributed by atoms with E-state index in [0.717, 1.165) is 24.3 Å². The Bertz CT molecular complexity index is 816. The Morgan fingerprint density at radius 2 is 1.64 bits per heavy atom. The van der Waals surface area contributed by atoms with Crippen LogP contribution >= 0.6 is 0 Å². The Balaban J connectivity index is 1.74. The molecule has 2 aromatic rings. The maximum Gasteiger partial charge on any atom is 0.263 e. The van der Waals surface area contributed by atoms with Crippen molar-refractivity contribution in [3.63, 3.8) is 0 Å². The first kappa shape index (κ1) is 17.7. The van der Waals surface area contributed by atoms with E-state index in [1.807, 2.05) is 18.2 Å². The van der Waals surface area contributed by atoms with Gasteiger partial charge in [0, 0.05) is 13.1 Å². The number of hydrogen-bond donors (Lipinski definition) is 1. The molecule has 1 fully saturated rings. The lowest BCUT2D eigenvalue weighted by molar-refractivity contribution is 0.587. The number of pyridine rings is 1. The van der Waals surface area contributed by atoms with Gasteiger partial charge in [-0.25, -0.2) is 13.4 Å². The molecular weight excluding hydrogens is 334 g/mol. The lowest BCUT2D eigenvalue weighted by atomic mass is 9.87. The number of sulfonamides is 1. The molecule has 1 aromatic carbocycles. The molecule has 1 aliphatic rings. The second-order valence-electron chi connectivity index (χ2n) is 7.48. The van der Waals surface area contributed by atoms with E-state index >= 15 is 0 Å². The van der Waals surface area contributed by atoms with Crippen molar-refractivity contribution in [1.29, 1.82) is 0 Å². The van der Waals surface area contributed by atoms with Crippen molar-refractivity contribution >= 4 is 21.5 Å². The van der Waals surface area contributed by atoms with Crippen molar-refractivity contribution in [2.24, 2.45) is 0 Å². The second kappa shape index (κ2) is 6.67. The third kappa shape index (κ3) is 4.12. The van der Waals surface area contributed by atoms with E-state index < -0.39 is 10.0 Å². The molecular formula is C19H25N3O2S. The lowest BCUT2D eigenvalue weighted by Gasteiger charge is -2.19. The largest absolute Gasteiger partial charge is 0.370 e. The van der Waals surface area contributed by atoms with Gasteiger partial charge < -0.3 is 4.90 Å². The highest BCUT2D eigenvalue weighted by Crippen LogP contribution is 2.25. The molecule has 3 rings (SSSR count). The summed E-state index contributed by atoms with van der Waals surface area (Å²) in [4.78, 5) is 6.76. The SMILES string of the molecule is CC(C)(C)c1ccc(S(=O)(=O)Nc2ccc(N3CCCC3)cn2)cc1.